The molecular formula is C15H19NO5. The number of carbonyl (C=O) groups is 2. The third-order valence-corrected chi connectivity index (χ3v) is 3.03. The number of aliphatic carboxylic acids is 1. The SMILES string of the molecule is C=CCOc1ccc(C(=O)N(C)C(C)C(=O)O)cc1OC. The van der Waals surface area contributed by atoms with E-state index in [1.165, 1.54) is 27.1 Å². The van der Waals surface area contributed by atoms with E-state index in [4.69, 9.17) is 14.6 Å². The van der Waals surface area contributed by atoms with Crippen LogP contribution in [0.4, 0.5) is 0 Å². The van der Waals surface area contributed by atoms with E-state index in [1.807, 2.05) is 0 Å². The number of likely N-dealkylation sites (N-methyl/N-ethyl adjacent to an activating group) is 1. The minimum absolute atomic E-state index is 0.319. The summed E-state index contributed by atoms with van der Waals surface area (Å²) in [6, 6.07) is 3.77. The van der Waals surface area contributed by atoms with Gasteiger partial charge in [-0.1, -0.05) is 12.7 Å². The van der Waals surface area contributed by atoms with E-state index in [-0.39, 0.29) is 0 Å². The maximum absolute atomic E-state index is 12.2. The van der Waals surface area contributed by atoms with Gasteiger partial charge < -0.3 is 19.5 Å². The molecule has 1 amide bonds. The molecule has 1 N–H and O–H groups in total. The van der Waals surface area contributed by atoms with E-state index in [2.05, 4.69) is 6.58 Å². The van der Waals surface area contributed by atoms with Crippen LogP contribution < -0.4 is 9.47 Å². The number of carbonyl (C=O) groups excluding carboxylic acids is 1. The number of amides is 1. The lowest BCUT2D eigenvalue weighted by molar-refractivity contribution is -0.141. The van der Waals surface area contributed by atoms with Crippen molar-refractivity contribution in [2.45, 2.75) is 13.0 Å². The Kier molecular flexibility index (Phi) is 5.78. The summed E-state index contributed by atoms with van der Waals surface area (Å²) in [6.45, 7) is 5.32. The number of carboxylic acids is 1. The molecule has 6 nitrogen and oxygen atoms in total. The Balaban J connectivity index is 3.00. The Labute approximate surface area is 123 Å². The Morgan fingerprint density at radius 2 is 2.10 bits per heavy atom. The predicted molar refractivity (Wildman–Crippen MR) is 77.9 cm³/mol. The fourth-order valence-electron chi connectivity index (χ4n) is 1.61. The van der Waals surface area contributed by atoms with Gasteiger partial charge in [-0.15, -0.1) is 0 Å². The molecule has 21 heavy (non-hydrogen) atoms. The van der Waals surface area contributed by atoms with Gasteiger partial charge in [0.2, 0.25) is 0 Å². The van der Waals surface area contributed by atoms with Gasteiger partial charge in [0, 0.05) is 12.6 Å². The maximum Gasteiger partial charge on any atom is 0.326 e. The van der Waals surface area contributed by atoms with Crippen LogP contribution in [-0.2, 0) is 4.79 Å². The Hall–Kier alpha value is -2.50. The van der Waals surface area contributed by atoms with Crippen LogP contribution in [0.25, 0.3) is 0 Å². The molecule has 0 spiro atoms. The number of methoxy groups -OCH3 is 1. The van der Waals surface area contributed by atoms with Crippen LogP contribution in [0.3, 0.4) is 0 Å². The monoisotopic (exact) mass is 293 g/mol. The van der Waals surface area contributed by atoms with E-state index >= 15 is 0 Å². The van der Waals surface area contributed by atoms with Crippen LogP contribution in [0.15, 0.2) is 30.9 Å². The summed E-state index contributed by atoms with van der Waals surface area (Å²) in [5, 5.41) is 8.94. The molecule has 6 heteroatoms. The molecule has 0 radical (unpaired) electrons. The van der Waals surface area contributed by atoms with Crippen LogP contribution in [0.5, 0.6) is 11.5 Å². The van der Waals surface area contributed by atoms with Crippen molar-refractivity contribution >= 4 is 11.9 Å². The summed E-state index contributed by atoms with van der Waals surface area (Å²) in [6.07, 6.45) is 1.60. The third-order valence-electron chi connectivity index (χ3n) is 3.03. The second-order valence-corrected chi connectivity index (χ2v) is 4.40. The Morgan fingerprint density at radius 3 is 2.62 bits per heavy atom. The smallest absolute Gasteiger partial charge is 0.326 e. The first-order chi connectivity index (χ1) is 9.92. The Morgan fingerprint density at radius 1 is 1.43 bits per heavy atom. The van der Waals surface area contributed by atoms with Crippen molar-refractivity contribution in [3.05, 3.63) is 36.4 Å². The zero-order chi connectivity index (χ0) is 16.0. The lowest BCUT2D eigenvalue weighted by atomic mass is 10.1. The molecular weight excluding hydrogens is 274 g/mol. The fraction of sp³-hybridized carbons (Fsp3) is 0.333. The summed E-state index contributed by atoms with van der Waals surface area (Å²) in [5.74, 6) is -0.579. The van der Waals surface area contributed by atoms with Gasteiger partial charge in [-0.2, -0.15) is 0 Å². The van der Waals surface area contributed by atoms with Crippen molar-refractivity contribution in [2.24, 2.45) is 0 Å². The van der Waals surface area contributed by atoms with Gasteiger partial charge >= 0.3 is 5.97 Å². The molecule has 1 atom stereocenters. The molecule has 0 aromatic heterocycles. The molecule has 1 rings (SSSR count). The van der Waals surface area contributed by atoms with E-state index < -0.39 is 17.9 Å². The Bertz CT molecular complexity index is 541. The van der Waals surface area contributed by atoms with Gasteiger partial charge in [0.1, 0.15) is 12.6 Å². The van der Waals surface area contributed by atoms with E-state index in [0.29, 0.717) is 23.7 Å². The van der Waals surface area contributed by atoms with Crippen molar-refractivity contribution in [2.75, 3.05) is 20.8 Å². The highest BCUT2D eigenvalue weighted by atomic mass is 16.5. The van der Waals surface area contributed by atoms with Crippen LogP contribution in [0.2, 0.25) is 0 Å². The number of hydrogen-bond donors (Lipinski definition) is 1. The first-order valence-electron chi connectivity index (χ1n) is 6.34. The molecule has 0 fully saturated rings. The molecule has 0 bridgehead atoms. The second-order valence-electron chi connectivity index (χ2n) is 4.40. The number of rotatable bonds is 7. The van der Waals surface area contributed by atoms with E-state index in [1.54, 1.807) is 18.2 Å². The minimum atomic E-state index is -1.07. The topological polar surface area (TPSA) is 76.1 Å². The first kappa shape index (κ1) is 16.6. The quantitative estimate of drug-likeness (QED) is 0.776. The van der Waals surface area contributed by atoms with Crippen LogP contribution in [-0.4, -0.2) is 48.7 Å². The standard InChI is InChI=1S/C15H19NO5/c1-5-8-21-12-7-6-11(9-13(12)20-4)14(17)16(3)10(2)15(18)19/h5-7,9-10H,1,8H2,2-4H3,(H,18,19). The molecule has 114 valence electrons. The normalized spacial score (nSPS) is 11.4. The number of carboxylic acid groups (broad SMARTS) is 1. The maximum atomic E-state index is 12.2. The lowest BCUT2D eigenvalue weighted by Crippen LogP contribution is -2.40. The van der Waals surface area contributed by atoms with Crippen LogP contribution >= 0.6 is 0 Å². The first-order valence-corrected chi connectivity index (χ1v) is 6.34. The van der Waals surface area contributed by atoms with E-state index in [0.717, 1.165) is 4.90 Å². The second kappa shape index (κ2) is 7.33. The highest BCUT2D eigenvalue weighted by Crippen LogP contribution is 2.28. The van der Waals surface area contributed by atoms with Gasteiger partial charge in [0.25, 0.3) is 5.91 Å². The van der Waals surface area contributed by atoms with Crippen molar-refractivity contribution in [1.82, 2.24) is 4.90 Å². The van der Waals surface area contributed by atoms with Gasteiger partial charge in [0.15, 0.2) is 11.5 Å². The van der Waals surface area contributed by atoms with Gasteiger partial charge in [0.05, 0.1) is 7.11 Å². The zero-order valence-corrected chi connectivity index (χ0v) is 12.3. The average molecular weight is 293 g/mol. The third kappa shape index (κ3) is 3.98. The molecule has 0 saturated carbocycles. The number of ether oxygens (including phenoxy) is 2. The molecule has 0 aliphatic heterocycles. The molecule has 0 heterocycles. The summed E-state index contributed by atoms with van der Waals surface area (Å²) in [5.41, 5.74) is 0.327. The number of benzene rings is 1. The van der Waals surface area contributed by atoms with Gasteiger partial charge in [-0.05, 0) is 25.1 Å². The molecule has 1 aromatic carbocycles. The van der Waals surface area contributed by atoms with Crippen molar-refractivity contribution in [3.63, 3.8) is 0 Å². The lowest BCUT2D eigenvalue weighted by Gasteiger charge is -2.22. The number of nitrogens with zero attached hydrogens (tertiary/aromatic N) is 1. The van der Waals surface area contributed by atoms with Crippen molar-refractivity contribution < 1.29 is 24.2 Å². The molecule has 0 saturated heterocycles. The minimum Gasteiger partial charge on any atom is -0.493 e. The summed E-state index contributed by atoms with van der Waals surface area (Å²) < 4.78 is 10.6. The van der Waals surface area contributed by atoms with Crippen molar-refractivity contribution in [3.8, 4) is 11.5 Å². The van der Waals surface area contributed by atoms with Crippen LogP contribution in [0, 0.1) is 0 Å². The van der Waals surface area contributed by atoms with Crippen LogP contribution in [0.1, 0.15) is 17.3 Å². The van der Waals surface area contributed by atoms with Gasteiger partial charge in [-0.25, -0.2) is 4.79 Å². The summed E-state index contributed by atoms with van der Waals surface area (Å²) in [7, 11) is 2.91. The largest absolute Gasteiger partial charge is 0.493 e. The van der Waals surface area contributed by atoms with Crippen molar-refractivity contribution in [1.29, 1.82) is 0 Å². The molecule has 0 aliphatic rings. The fourth-order valence-corrected chi connectivity index (χ4v) is 1.61. The molecule has 1 aromatic rings. The highest BCUT2D eigenvalue weighted by molar-refractivity contribution is 5.96. The molecule has 1 unspecified atom stereocenters. The van der Waals surface area contributed by atoms with E-state index in [9.17, 15) is 9.59 Å². The predicted octanol–water partition coefficient (Wildman–Crippen LogP) is 1.81. The summed E-state index contributed by atoms with van der Waals surface area (Å²) in [4.78, 5) is 24.3. The van der Waals surface area contributed by atoms with Gasteiger partial charge in [-0.3, -0.25) is 4.79 Å². The number of hydrogen-bond acceptors (Lipinski definition) is 4. The average Bonchev–Trinajstić information content (AvgIpc) is 2.50. The zero-order valence-electron chi connectivity index (χ0n) is 12.3. The highest BCUT2D eigenvalue weighted by Gasteiger charge is 2.23. The molecule has 0 aliphatic carbocycles. The summed E-state index contributed by atoms with van der Waals surface area (Å²) >= 11 is 0.